The van der Waals surface area contributed by atoms with Crippen LogP contribution in [0.1, 0.15) is 59.2 Å². The molecule has 2 unspecified atom stereocenters. The van der Waals surface area contributed by atoms with Crippen LogP contribution in [0.15, 0.2) is 6.20 Å². The lowest BCUT2D eigenvalue weighted by molar-refractivity contribution is 0.218. The largest absolute Gasteiger partial charge is 0.493 e. The van der Waals surface area contributed by atoms with Gasteiger partial charge < -0.3 is 10.1 Å². The molecule has 1 aromatic heterocycles. The van der Waals surface area contributed by atoms with E-state index in [1.807, 2.05) is 11.7 Å². The standard InChI is InChI=1S/C16H31N3O/c1-8-9-17-13(10-12(2)16(3,4)5)15-14(20-7)11-18-19(15)6/h11-13,17H,8-10H2,1-7H3. The highest BCUT2D eigenvalue weighted by molar-refractivity contribution is 5.28. The van der Waals surface area contributed by atoms with E-state index in [-0.39, 0.29) is 6.04 Å². The fraction of sp³-hybridized carbons (Fsp3) is 0.812. The highest BCUT2D eigenvalue weighted by Crippen LogP contribution is 2.35. The molecule has 2 atom stereocenters. The van der Waals surface area contributed by atoms with Crippen LogP contribution < -0.4 is 10.1 Å². The Morgan fingerprint density at radius 3 is 2.55 bits per heavy atom. The third-order valence-corrected chi connectivity index (χ3v) is 4.21. The Morgan fingerprint density at radius 1 is 1.40 bits per heavy atom. The number of ether oxygens (including phenoxy) is 1. The SMILES string of the molecule is CCCNC(CC(C)C(C)(C)C)c1c(OC)cnn1C. The molecule has 1 heterocycles. The van der Waals surface area contributed by atoms with E-state index in [4.69, 9.17) is 4.74 Å². The average molecular weight is 281 g/mol. The van der Waals surface area contributed by atoms with Gasteiger partial charge in [-0.1, -0.05) is 34.6 Å². The third-order valence-electron chi connectivity index (χ3n) is 4.21. The van der Waals surface area contributed by atoms with Crippen molar-refractivity contribution in [1.29, 1.82) is 0 Å². The van der Waals surface area contributed by atoms with Crippen LogP contribution in [0.2, 0.25) is 0 Å². The second kappa shape index (κ2) is 7.11. The zero-order valence-electron chi connectivity index (χ0n) is 14.2. The smallest absolute Gasteiger partial charge is 0.161 e. The number of rotatable bonds is 7. The monoisotopic (exact) mass is 281 g/mol. The Labute approximate surface area is 123 Å². The maximum absolute atomic E-state index is 5.47. The van der Waals surface area contributed by atoms with Gasteiger partial charge in [0.05, 0.1) is 25.0 Å². The molecule has 0 saturated carbocycles. The van der Waals surface area contributed by atoms with Crippen LogP contribution in [-0.2, 0) is 7.05 Å². The zero-order valence-corrected chi connectivity index (χ0v) is 14.2. The van der Waals surface area contributed by atoms with E-state index in [9.17, 15) is 0 Å². The number of hydrogen-bond donors (Lipinski definition) is 1. The second-order valence-corrected chi connectivity index (χ2v) is 6.73. The molecule has 0 aliphatic carbocycles. The Balaban J connectivity index is 2.96. The minimum Gasteiger partial charge on any atom is -0.493 e. The van der Waals surface area contributed by atoms with E-state index in [2.05, 4.69) is 45.0 Å². The number of aryl methyl sites for hydroxylation is 1. The summed E-state index contributed by atoms with van der Waals surface area (Å²) in [6, 6.07) is 0.284. The quantitative estimate of drug-likeness (QED) is 0.831. The predicted molar refractivity (Wildman–Crippen MR) is 84.0 cm³/mol. The Bertz CT molecular complexity index is 406. The Hall–Kier alpha value is -1.03. The van der Waals surface area contributed by atoms with Crippen LogP contribution >= 0.6 is 0 Å². The topological polar surface area (TPSA) is 39.1 Å². The Kier molecular flexibility index (Phi) is 6.06. The molecule has 1 aromatic rings. The number of methoxy groups -OCH3 is 1. The first-order valence-electron chi connectivity index (χ1n) is 7.60. The van der Waals surface area contributed by atoms with Crippen LogP contribution in [0.4, 0.5) is 0 Å². The molecule has 0 aliphatic rings. The second-order valence-electron chi connectivity index (χ2n) is 6.73. The fourth-order valence-electron chi connectivity index (χ4n) is 2.30. The number of nitrogens with one attached hydrogen (secondary N) is 1. The van der Waals surface area contributed by atoms with Crippen molar-refractivity contribution >= 4 is 0 Å². The van der Waals surface area contributed by atoms with Crippen molar-refractivity contribution in [3.63, 3.8) is 0 Å². The lowest BCUT2D eigenvalue weighted by atomic mass is 9.78. The van der Waals surface area contributed by atoms with Gasteiger partial charge in [0.2, 0.25) is 0 Å². The molecule has 4 nitrogen and oxygen atoms in total. The zero-order chi connectivity index (χ0) is 15.3. The van der Waals surface area contributed by atoms with Gasteiger partial charge in [0, 0.05) is 7.05 Å². The van der Waals surface area contributed by atoms with Crippen LogP contribution in [0.3, 0.4) is 0 Å². The van der Waals surface area contributed by atoms with E-state index >= 15 is 0 Å². The summed E-state index contributed by atoms with van der Waals surface area (Å²) in [5.41, 5.74) is 1.45. The van der Waals surface area contributed by atoms with Crippen molar-refractivity contribution in [2.75, 3.05) is 13.7 Å². The van der Waals surface area contributed by atoms with Crippen molar-refractivity contribution < 1.29 is 4.74 Å². The normalized spacial score (nSPS) is 15.2. The van der Waals surface area contributed by atoms with Crippen LogP contribution in [0.25, 0.3) is 0 Å². The van der Waals surface area contributed by atoms with Crippen LogP contribution in [0.5, 0.6) is 5.75 Å². The molecular weight excluding hydrogens is 250 g/mol. The van der Waals surface area contributed by atoms with Gasteiger partial charge >= 0.3 is 0 Å². The van der Waals surface area contributed by atoms with Crippen LogP contribution in [0, 0.1) is 11.3 Å². The van der Waals surface area contributed by atoms with Gasteiger partial charge in [-0.3, -0.25) is 4.68 Å². The van der Waals surface area contributed by atoms with Gasteiger partial charge in [-0.25, -0.2) is 0 Å². The summed E-state index contributed by atoms with van der Waals surface area (Å²) in [5, 5.41) is 7.99. The summed E-state index contributed by atoms with van der Waals surface area (Å²) in [6.45, 7) is 12.4. The molecule has 0 amide bonds. The van der Waals surface area contributed by atoms with E-state index in [0.717, 1.165) is 30.8 Å². The lowest BCUT2D eigenvalue weighted by Crippen LogP contribution is -2.29. The first-order chi connectivity index (χ1) is 9.31. The summed E-state index contributed by atoms with van der Waals surface area (Å²) in [5.74, 6) is 1.48. The maximum Gasteiger partial charge on any atom is 0.161 e. The summed E-state index contributed by atoms with van der Waals surface area (Å²) < 4.78 is 7.40. The van der Waals surface area contributed by atoms with Gasteiger partial charge in [0.15, 0.2) is 5.75 Å². The predicted octanol–water partition coefficient (Wildman–Crippen LogP) is 3.54. The molecule has 4 heteroatoms. The Morgan fingerprint density at radius 2 is 2.05 bits per heavy atom. The van der Waals surface area contributed by atoms with E-state index in [1.165, 1.54) is 0 Å². The highest BCUT2D eigenvalue weighted by Gasteiger charge is 2.27. The fourth-order valence-corrected chi connectivity index (χ4v) is 2.30. The molecule has 1 N–H and O–H groups in total. The summed E-state index contributed by atoms with van der Waals surface area (Å²) >= 11 is 0. The van der Waals surface area contributed by atoms with Gasteiger partial charge in [0.1, 0.15) is 0 Å². The third kappa shape index (κ3) is 4.23. The molecule has 0 bridgehead atoms. The van der Waals surface area contributed by atoms with Gasteiger partial charge in [-0.2, -0.15) is 5.10 Å². The van der Waals surface area contributed by atoms with Gasteiger partial charge in [-0.05, 0) is 30.7 Å². The maximum atomic E-state index is 5.47. The molecule has 20 heavy (non-hydrogen) atoms. The molecule has 0 aliphatic heterocycles. The van der Waals surface area contributed by atoms with E-state index < -0.39 is 0 Å². The van der Waals surface area contributed by atoms with Crippen molar-refractivity contribution in [2.24, 2.45) is 18.4 Å². The van der Waals surface area contributed by atoms with E-state index in [0.29, 0.717) is 11.3 Å². The first kappa shape index (κ1) is 17.0. The van der Waals surface area contributed by atoms with Crippen molar-refractivity contribution in [2.45, 2.75) is 53.5 Å². The van der Waals surface area contributed by atoms with Crippen molar-refractivity contribution in [3.8, 4) is 5.75 Å². The molecule has 1 rings (SSSR count). The van der Waals surface area contributed by atoms with E-state index in [1.54, 1.807) is 13.3 Å². The summed E-state index contributed by atoms with van der Waals surface area (Å²) in [7, 11) is 3.70. The molecule has 0 saturated heterocycles. The molecule has 0 spiro atoms. The van der Waals surface area contributed by atoms with Crippen LogP contribution in [-0.4, -0.2) is 23.4 Å². The average Bonchev–Trinajstić information content (AvgIpc) is 2.74. The molecular formula is C16H31N3O. The van der Waals surface area contributed by atoms with Gasteiger partial charge in [-0.15, -0.1) is 0 Å². The molecule has 0 aromatic carbocycles. The van der Waals surface area contributed by atoms with Gasteiger partial charge in [0.25, 0.3) is 0 Å². The van der Waals surface area contributed by atoms with Crippen molar-refractivity contribution in [3.05, 3.63) is 11.9 Å². The minimum atomic E-state index is 0.284. The highest BCUT2D eigenvalue weighted by atomic mass is 16.5. The number of aromatic nitrogens is 2. The minimum absolute atomic E-state index is 0.284. The lowest BCUT2D eigenvalue weighted by Gasteiger charge is -2.31. The van der Waals surface area contributed by atoms with Crippen molar-refractivity contribution in [1.82, 2.24) is 15.1 Å². The number of nitrogens with zero attached hydrogens (tertiary/aromatic N) is 2. The summed E-state index contributed by atoms with van der Waals surface area (Å²) in [6.07, 6.45) is 4.01. The molecule has 0 fully saturated rings. The first-order valence-corrected chi connectivity index (χ1v) is 7.60. The molecule has 0 radical (unpaired) electrons. The summed E-state index contributed by atoms with van der Waals surface area (Å²) in [4.78, 5) is 0. The number of hydrogen-bond acceptors (Lipinski definition) is 3. The molecule has 116 valence electrons.